The summed E-state index contributed by atoms with van der Waals surface area (Å²) in [6.07, 6.45) is 2.25. The molecule has 3 N–H and O–H groups in total. The van der Waals surface area contributed by atoms with Gasteiger partial charge in [0.15, 0.2) is 5.60 Å². The molecule has 7 nitrogen and oxygen atoms in total. The van der Waals surface area contributed by atoms with Crippen molar-refractivity contribution in [3.05, 3.63) is 0 Å². The molecule has 1 saturated heterocycles. The Morgan fingerprint density at radius 3 is 2.48 bits per heavy atom. The maximum absolute atomic E-state index is 12.2. The van der Waals surface area contributed by atoms with Crippen molar-refractivity contribution < 1.29 is 24.6 Å². The van der Waals surface area contributed by atoms with Gasteiger partial charge in [-0.2, -0.15) is 0 Å². The van der Waals surface area contributed by atoms with Crippen LogP contribution in [0.15, 0.2) is 0 Å². The van der Waals surface area contributed by atoms with Crippen LogP contribution >= 0.6 is 0 Å². The van der Waals surface area contributed by atoms with Crippen LogP contribution in [0.1, 0.15) is 40.0 Å². The fraction of sp³-hybridized carbons (Fsp3) is 0.786. The maximum atomic E-state index is 12.2. The van der Waals surface area contributed by atoms with E-state index in [0.717, 1.165) is 19.8 Å². The molecule has 0 bridgehead atoms. The summed E-state index contributed by atoms with van der Waals surface area (Å²) in [4.78, 5) is 36.7. The molecule has 2 unspecified atom stereocenters. The molecular formula is C14H24N2O5. The zero-order valence-corrected chi connectivity index (χ0v) is 12.8. The summed E-state index contributed by atoms with van der Waals surface area (Å²) in [6, 6.07) is -0.585. The van der Waals surface area contributed by atoms with E-state index < -0.39 is 23.5 Å². The number of carbonyl (C=O) groups is 3. The molecule has 2 amide bonds. The van der Waals surface area contributed by atoms with E-state index >= 15 is 0 Å². The third-order valence-corrected chi connectivity index (χ3v) is 3.65. The first-order valence-corrected chi connectivity index (χ1v) is 7.21. The Morgan fingerprint density at radius 1 is 1.33 bits per heavy atom. The number of aliphatic carboxylic acids is 1. The van der Waals surface area contributed by atoms with Gasteiger partial charge in [-0.3, -0.25) is 9.59 Å². The SMILES string of the molecule is CC(C)C(=O)N1CCCCC1C(=O)NCC(C)(O)C(=O)O. The average molecular weight is 300 g/mol. The Morgan fingerprint density at radius 2 is 1.95 bits per heavy atom. The molecule has 0 saturated carbocycles. The van der Waals surface area contributed by atoms with Gasteiger partial charge in [0.2, 0.25) is 11.8 Å². The van der Waals surface area contributed by atoms with Gasteiger partial charge in [-0.1, -0.05) is 13.8 Å². The van der Waals surface area contributed by atoms with Gasteiger partial charge in [0.25, 0.3) is 0 Å². The van der Waals surface area contributed by atoms with Crippen LogP contribution in [0.25, 0.3) is 0 Å². The zero-order valence-electron chi connectivity index (χ0n) is 12.8. The summed E-state index contributed by atoms with van der Waals surface area (Å²) >= 11 is 0. The molecule has 1 heterocycles. The first kappa shape index (κ1) is 17.4. The van der Waals surface area contributed by atoms with Gasteiger partial charge in [-0.15, -0.1) is 0 Å². The van der Waals surface area contributed by atoms with E-state index in [2.05, 4.69) is 5.32 Å². The van der Waals surface area contributed by atoms with E-state index in [1.165, 1.54) is 0 Å². The number of piperidine rings is 1. The van der Waals surface area contributed by atoms with E-state index in [0.29, 0.717) is 13.0 Å². The van der Waals surface area contributed by atoms with Crippen LogP contribution in [-0.2, 0) is 14.4 Å². The summed E-state index contributed by atoms with van der Waals surface area (Å²) in [5.41, 5.74) is -2.02. The lowest BCUT2D eigenvalue weighted by Gasteiger charge is -2.36. The smallest absolute Gasteiger partial charge is 0.337 e. The van der Waals surface area contributed by atoms with Crippen LogP contribution in [0.5, 0.6) is 0 Å². The van der Waals surface area contributed by atoms with Gasteiger partial charge < -0.3 is 20.4 Å². The molecule has 0 aromatic heterocycles. The topological polar surface area (TPSA) is 107 Å². The third-order valence-electron chi connectivity index (χ3n) is 3.65. The van der Waals surface area contributed by atoms with Crippen LogP contribution in [0, 0.1) is 5.92 Å². The average Bonchev–Trinajstić information content (AvgIpc) is 2.43. The number of nitrogens with zero attached hydrogens (tertiary/aromatic N) is 1. The van der Waals surface area contributed by atoms with Gasteiger partial charge in [-0.05, 0) is 26.2 Å². The lowest BCUT2D eigenvalue weighted by atomic mass is 9.99. The number of hydrogen-bond acceptors (Lipinski definition) is 4. The molecule has 0 spiro atoms. The van der Waals surface area contributed by atoms with E-state index in [-0.39, 0.29) is 18.4 Å². The molecule has 21 heavy (non-hydrogen) atoms. The number of rotatable bonds is 5. The first-order chi connectivity index (χ1) is 9.66. The molecule has 7 heteroatoms. The van der Waals surface area contributed by atoms with Crippen LogP contribution in [0.4, 0.5) is 0 Å². The minimum Gasteiger partial charge on any atom is -0.479 e. The van der Waals surface area contributed by atoms with Crippen molar-refractivity contribution >= 4 is 17.8 Å². The van der Waals surface area contributed by atoms with Crippen LogP contribution in [0.2, 0.25) is 0 Å². The quantitative estimate of drug-likeness (QED) is 0.661. The molecule has 0 aliphatic carbocycles. The first-order valence-electron chi connectivity index (χ1n) is 7.21. The fourth-order valence-electron chi connectivity index (χ4n) is 2.25. The van der Waals surface area contributed by atoms with Crippen molar-refractivity contribution in [3.8, 4) is 0 Å². The summed E-state index contributed by atoms with van der Waals surface area (Å²) in [5.74, 6) is -2.09. The zero-order chi connectivity index (χ0) is 16.2. The third kappa shape index (κ3) is 4.42. The second-order valence-electron chi connectivity index (χ2n) is 5.99. The Hall–Kier alpha value is -1.63. The van der Waals surface area contributed by atoms with Crippen molar-refractivity contribution in [2.24, 2.45) is 5.92 Å². The molecule has 1 aliphatic rings. The highest BCUT2D eigenvalue weighted by Gasteiger charge is 2.35. The number of likely N-dealkylation sites (tertiary alicyclic amines) is 1. The number of nitrogens with one attached hydrogen (secondary N) is 1. The van der Waals surface area contributed by atoms with Gasteiger partial charge in [0, 0.05) is 12.5 Å². The lowest BCUT2D eigenvalue weighted by Crippen LogP contribution is -2.55. The number of aliphatic hydroxyl groups is 1. The number of carboxylic acid groups (broad SMARTS) is 1. The van der Waals surface area contributed by atoms with E-state index in [1.807, 2.05) is 0 Å². The van der Waals surface area contributed by atoms with Crippen molar-refractivity contribution in [1.29, 1.82) is 0 Å². The summed E-state index contributed by atoms with van der Waals surface area (Å²) in [6.45, 7) is 4.82. The van der Waals surface area contributed by atoms with E-state index in [1.54, 1.807) is 18.7 Å². The van der Waals surface area contributed by atoms with Crippen molar-refractivity contribution in [2.45, 2.75) is 51.7 Å². The van der Waals surface area contributed by atoms with Gasteiger partial charge >= 0.3 is 5.97 Å². The minimum atomic E-state index is -2.02. The largest absolute Gasteiger partial charge is 0.479 e. The van der Waals surface area contributed by atoms with Crippen LogP contribution in [0.3, 0.4) is 0 Å². The molecule has 1 aliphatic heterocycles. The molecule has 2 atom stereocenters. The molecule has 120 valence electrons. The van der Waals surface area contributed by atoms with Crippen LogP contribution in [-0.4, -0.2) is 57.6 Å². The second kappa shape index (κ2) is 6.89. The normalized spacial score (nSPS) is 21.8. The van der Waals surface area contributed by atoms with Crippen molar-refractivity contribution in [1.82, 2.24) is 10.2 Å². The minimum absolute atomic E-state index is 0.0835. The van der Waals surface area contributed by atoms with Gasteiger partial charge in [-0.25, -0.2) is 4.79 Å². The van der Waals surface area contributed by atoms with Crippen LogP contribution < -0.4 is 5.32 Å². The molecular weight excluding hydrogens is 276 g/mol. The highest BCUT2D eigenvalue weighted by Crippen LogP contribution is 2.19. The van der Waals surface area contributed by atoms with Crippen molar-refractivity contribution in [2.75, 3.05) is 13.1 Å². The van der Waals surface area contributed by atoms with E-state index in [9.17, 15) is 19.5 Å². The number of carbonyl (C=O) groups excluding carboxylic acids is 2. The number of carboxylic acids is 1. The maximum Gasteiger partial charge on any atom is 0.337 e. The fourth-order valence-corrected chi connectivity index (χ4v) is 2.25. The molecule has 1 fully saturated rings. The highest BCUT2D eigenvalue weighted by molar-refractivity contribution is 5.89. The number of hydrogen-bond donors (Lipinski definition) is 3. The highest BCUT2D eigenvalue weighted by atomic mass is 16.4. The van der Waals surface area contributed by atoms with Crippen molar-refractivity contribution in [3.63, 3.8) is 0 Å². The van der Waals surface area contributed by atoms with Gasteiger partial charge in [0.1, 0.15) is 6.04 Å². The summed E-state index contributed by atoms with van der Waals surface area (Å²) in [5, 5.41) is 20.9. The lowest BCUT2D eigenvalue weighted by molar-refractivity contribution is -0.157. The summed E-state index contributed by atoms with van der Waals surface area (Å²) < 4.78 is 0. The molecule has 1 rings (SSSR count). The molecule has 0 aromatic carbocycles. The second-order valence-corrected chi connectivity index (χ2v) is 5.99. The Labute approximate surface area is 124 Å². The predicted octanol–water partition coefficient (Wildman–Crippen LogP) is -0.0247. The number of amides is 2. The summed E-state index contributed by atoms with van der Waals surface area (Å²) in [7, 11) is 0. The standard InChI is InChI=1S/C14H24N2O5/c1-9(2)12(18)16-7-5-4-6-10(16)11(17)15-8-14(3,21)13(19)20/h9-10,21H,4-8H2,1-3H3,(H,15,17)(H,19,20). The van der Waals surface area contributed by atoms with E-state index in [4.69, 9.17) is 5.11 Å². The molecule has 0 radical (unpaired) electrons. The Bertz CT molecular complexity index is 420. The molecule has 0 aromatic rings. The van der Waals surface area contributed by atoms with Gasteiger partial charge in [0.05, 0.1) is 6.54 Å². The monoisotopic (exact) mass is 300 g/mol. The Kier molecular flexibility index (Phi) is 5.71. The Balaban J connectivity index is 2.70. The predicted molar refractivity (Wildman–Crippen MR) is 75.5 cm³/mol.